The first-order valence-electron chi connectivity index (χ1n) is 8.12. The number of allylic oxidation sites excluding steroid dienone is 2. The van der Waals surface area contributed by atoms with Gasteiger partial charge in [0.15, 0.2) is 5.78 Å². The molecule has 0 aromatic heterocycles. The van der Waals surface area contributed by atoms with Gasteiger partial charge in [0, 0.05) is 28.3 Å². The summed E-state index contributed by atoms with van der Waals surface area (Å²) < 4.78 is 5.00. The number of fused-ring (bicyclic) bond motifs is 2. The maximum atomic E-state index is 13.1. The first-order valence-corrected chi connectivity index (χ1v) is 8.12. The number of dihydropyridines is 1. The number of ether oxygens (including phenoxy) is 1. The van der Waals surface area contributed by atoms with E-state index in [4.69, 9.17) is 4.74 Å². The summed E-state index contributed by atoms with van der Waals surface area (Å²) in [7, 11) is 1.36. The second-order valence-corrected chi connectivity index (χ2v) is 6.16. The lowest BCUT2D eigenvalue weighted by Crippen LogP contribution is -2.29. The molecule has 2 aromatic carbocycles. The molecule has 0 unspecified atom stereocenters. The zero-order chi connectivity index (χ0) is 17.6. The molecule has 0 saturated heterocycles. The van der Waals surface area contributed by atoms with Crippen LogP contribution in [-0.4, -0.2) is 18.9 Å². The van der Waals surface area contributed by atoms with E-state index in [2.05, 4.69) is 5.32 Å². The van der Waals surface area contributed by atoms with E-state index in [1.165, 1.54) is 7.11 Å². The van der Waals surface area contributed by atoms with Gasteiger partial charge in [-0.3, -0.25) is 4.79 Å². The lowest BCUT2D eigenvalue weighted by Gasteiger charge is -2.29. The minimum absolute atomic E-state index is 0.0409. The molecule has 0 radical (unpaired) electrons. The molecule has 124 valence electrons. The van der Waals surface area contributed by atoms with Gasteiger partial charge in [-0.15, -0.1) is 0 Å². The summed E-state index contributed by atoms with van der Waals surface area (Å²) in [5.41, 5.74) is 5.04. The highest BCUT2D eigenvalue weighted by atomic mass is 16.5. The van der Waals surface area contributed by atoms with E-state index in [1.54, 1.807) is 0 Å². The Morgan fingerprint density at radius 1 is 1.00 bits per heavy atom. The van der Waals surface area contributed by atoms with E-state index < -0.39 is 11.9 Å². The van der Waals surface area contributed by atoms with Crippen LogP contribution < -0.4 is 5.32 Å². The van der Waals surface area contributed by atoms with Gasteiger partial charge in [-0.2, -0.15) is 0 Å². The zero-order valence-corrected chi connectivity index (χ0v) is 14.0. The Labute approximate surface area is 145 Å². The quantitative estimate of drug-likeness (QED) is 0.857. The van der Waals surface area contributed by atoms with Crippen molar-refractivity contribution in [3.63, 3.8) is 0 Å². The fourth-order valence-corrected chi connectivity index (χ4v) is 3.69. The molecule has 0 amide bonds. The molecule has 1 aliphatic carbocycles. The van der Waals surface area contributed by atoms with E-state index >= 15 is 0 Å². The monoisotopic (exact) mass is 331 g/mol. The van der Waals surface area contributed by atoms with Crippen LogP contribution in [0.2, 0.25) is 0 Å². The third-order valence-corrected chi connectivity index (χ3v) is 4.79. The molecule has 4 heteroatoms. The van der Waals surface area contributed by atoms with E-state index in [-0.39, 0.29) is 5.78 Å². The van der Waals surface area contributed by atoms with E-state index in [0.717, 1.165) is 16.8 Å². The number of carbonyl (C=O) groups excluding carboxylic acids is 2. The van der Waals surface area contributed by atoms with Crippen LogP contribution in [0, 0.1) is 0 Å². The molecular weight excluding hydrogens is 314 g/mol. The fraction of sp³-hybridized carbons (Fsp3) is 0.143. The summed E-state index contributed by atoms with van der Waals surface area (Å²) in [6, 6.07) is 17.1. The minimum Gasteiger partial charge on any atom is -0.466 e. The number of benzene rings is 2. The van der Waals surface area contributed by atoms with Gasteiger partial charge < -0.3 is 10.1 Å². The smallest absolute Gasteiger partial charge is 0.336 e. The van der Waals surface area contributed by atoms with Gasteiger partial charge in [-0.25, -0.2) is 4.79 Å². The van der Waals surface area contributed by atoms with Crippen LogP contribution in [0.3, 0.4) is 0 Å². The number of rotatable bonds is 2. The Bertz CT molecular complexity index is 954. The van der Waals surface area contributed by atoms with E-state index in [9.17, 15) is 9.59 Å². The molecule has 0 spiro atoms. The molecule has 1 atom stereocenters. The molecule has 1 aliphatic heterocycles. The standard InChI is InChI=1S/C21H17NO3/c1-12-16(21(24)25-2)17(13-8-4-3-5-9-13)18-19(22-12)14-10-6-7-11-15(14)20(18)23/h3-11,17,22H,1-2H3/t17-/m1/s1. The second kappa shape index (κ2) is 5.74. The van der Waals surface area contributed by atoms with Crippen molar-refractivity contribution in [2.75, 3.05) is 7.11 Å². The first kappa shape index (κ1) is 15.4. The summed E-state index contributed by atoms with van der Waals surface area (Å²) in [5.74, 6) is -0.903. The Kier molecular flexibility index (Phi) is 3.53. The average Bonchev–Trinajstić information content (AvgIpc) is 2.93. The predicted octanol–water partition coefficient (Wildman–Crippen LogP) is 3.43. The number of ketones is 1. The van der Waals surface area contributed by atoms with Crippen LogP contribution in [0.25, 0.3) is 5.70 Å². The molecule has 0 saturated carbocycles. The maximum absolute atomic E-state index is 13.1. The molecule has 1 N–H and O–H groups in total. The van der Waals surface area contributed by atoms with Gasteiger partial charge in [0.2, 0.25) is 0 Å². The SMILES string of the molecule is COC(=O)C1=C(C)NC2=C(C(=O)c3ccccc32)[C@@H]1c1ccccc1. The third-order valence-electron chi connectivity index (χ3n) is 4.79. The summed E-state index contributed by atoms with van der Waals surface area (Å²) in [6.07, 6.45) is 0. The van der Waals surface area contributed by atoms with E-state index in [1.807, 2.05) is 61.5 Å². The Morgan fingerprint density at radius 2 is 1.64 bits per heavy atom. The second-order valence-electron chi connectivity index (χ2n) is 6.16. The average molecular weight is 331 g/mol. The zero-order valence-electron chi connectivity index (χ0n) is 14.0. The lowest BCUT2D eigenvalue weighted by molar-refractivity contribution is -0.136. The summed E-state index contributed by atoms with van der Waals surface area (Å²) >= 11 is 0. The third kappa shape index (κ3) is 2.22. The van der Waals surface area contributed by atoms with E-state index in [0.29, 0.717) is 22.4 Å². The number of carbonyl (C=O) groups is 2. The molecule has 4 nitrogen and oxygen atoms in total. The molecule has 0 bridgehead atoms. The highest BCUT2D eigenvalue weighted by Gasteiger charge is 2.42. The van der Waals surface area contributed by atoms with Crippen molar-refractivity contribution >= 4 is 17.4 Å². The molecule has 4 rings (SSSR count). The molecule has 2 aliphatic rings. The molecule has 1 heterocycles. The van der Waals surface area contributed by atoms with Crippen LogP contribution in [0.15, 0.2) is 71.4 Å². The van der Waals surface area contributed by atoms with Crippen molar-refractivity contribution in [3.05, 3.63) is 88.1 Å². The summed E-state index contributed by atoms with van der Waals surface area (Å²) in [6.45, 7) is 1.84. The van der Waals surface area contributed by atoms with Crippen LogP contribution in [0.1, 0.15) is 34.3 Å². The van der Waals surface area contributed by atoms with Crippen LogP contribution >= 0.6 is 0 Å². The van der Waals surface area contributed by atoms with Crippen molar-refractivity contribution in [1.29, 1.82) is 0 Å². The molecule has 25 heavy (non-hydrogen) atoms. The Balaban J connectivity index is 1.96. The highest BCUT2D eigenvalue weighted by Crippen LogP contribution is 2.46. The first-order chi connectivity index (χ1) is 12.1. The number of esters is 1. The number of hydrogen-bond acceptors (Lipinski definition) is 4. The highest BCUT2D eigenvalue weighted by molar-refractivity contribution is 6.23. The van der Waals surface area contributed by atoms with Crippen molar-refractivity contribution < 1.29 is 14.3 Å². The van der Waals surface area contributed by atoms with Crippen LogP contribution in [-0.2, 0) is 9.53 Å². The van der Waals surface area contributed by atoms with Gasteiger partial charge in [0.05, 0.1) is 18.4 Å². The number of Topliss-reactive ketones (excluding diaryl/α,β-unsaturated/α-hetero) is 1. The fourth-order valence-electron chi connectivity index (χ4n) is 3.69. The summed E-state index contributed by atoms with van der Waals surface area (Å²) in [5, 5.41) is 3.27. The van der Waals surface area contributed by atoms with Crippen molar-refractivity contribution in [2.24, 2.45) is 0 Å². The molecular formula is C21H17NO3. The topological polar surface area (TPSA) is 55.4 Å². The van der Waals surface area contributed by atoms with Gasteiger partial charge in [0.1, 0.15) is 0 Å². The van der Waals surface area contributed by atoms with Gasteiger partial charge in [-0.1, -0.05) is 54.6 Å². The van der Waals surface area contributed by atoms with Crippen molar-refractivity contribution in [3.8, 4) is 0 Å². The van der Waals surface area contributed by atoms with Crippen LogP contribution in [0.4, 0.5) is 0 Å². The molecule has 2 aromatic rings. The Morgan fingerprint density at radius 3 is 2.32 bits per heavy atom. The van der Waals surface area contributed by atoms with Crippen molar-refractivity contribution in [1.82, 2.24) is 5.32 Å². The van der Waals surface area contributed by atoms with Gasteiger partial charge in [0.25, 0.3) is 0 Å². The Hall–Kier alpha value is -3.14. The normalized spacial score (nSPS) is 18.6. The predicted molar refractivity (Wildman–Crippen MR) is 94.7 cm³/mol. The largest absolute Gasteiger partial charge is 0.466 e. The molecule has 0 fully saturated rings. The maximum Gasteiger partial charge on any atom is 0.336 e. The summed E-state index contributed by atoms with van der Waals surface area (Å²) in [4.78, 5) is 25.6. The number of nitrogens with one attached hydrogen (secondary N) is 1. The van der Waals surface area contributed by atoms with Crippen molar-refractivity contribution in [2.45, 2.75) is 12.8 Å². The number of hydrogen-bond donors (Lipinski definition) is 1. The number of methoxy groups -OCH3 is 1. The van der Waals surface area contributed by atoms with Gasteiger partial charge in [-0.05, 0) is 12.5 Å². The lowest BCUT2D eigenvalue weighted by atomic mass is 9.80. The minimum atomic E-state index is -0.440. The van der Waals surface area contributed by atoms with Gasteiger partial charge >= 0.3 is 5.97 Å². The van der Waals surface area contributed by atoms with Crippen LogP contribution in [0.5, 0.6) is 0 Å².